The highest BCUT2D eigenvalue weighted by Crippen LogP contribution is 2.32. The molecule has 2 heterocycles. The summed E-state index contributed by atoms with van der Waals surface area (Å²) in [7, 11) is 1.45. The molecule has 6 heteroatoms. The van der Waals surface area contributed by atoms with Crippen LogP contribution < -0.4 is 10.1 Å². The smallest absolute Gasteiger partial charge is 0.238 e. The van der Waals surface area contributed by atoms with Crippen molar-refractivity contribution in [3.8, 4) is 5.75 Å². The van der Waals surface area contributed by atoms with Crippen LogP contribution in [0.5, 0.6) is 5.75 Å². The Morgan fingerprint density at radius 2 is 2.33 bits per heavy atom. The van der Waals surface area contributed by atoms with Crippen LogP contribution in [0.2, 0.25) is 0 Å². The van der Waals surface area contributed by atoms with Crippen molar-refractivity contribution in [1.29, 1.82) is 0 Å². The SMILES string of the molecule is COc1ccc(C2NCC(=O)N2C2CCCSC2)cc1F. The highest BCUT2D eigenvalue weighted by Gasteiger charge is 2.37. The number of benzene rings is 1. The van der Waals surface area contributed by atoms with Crippen molar-refractivity contribution in [3.05, 3.63) is 29.6 Å². The number of thioether (sulfide) groups is 1. The molecule has 21 heavy (non-hydrogen) atoms. The van der Waals surface area contributed by atoms with E-state index in [-0.39, 0.29) is 23.9 Å². The van der Waals surface area contributed by atoms with Gasteiger partial charge in [-0.15, -0.1) is 0 Å². The number of halogens is 1. The fraction of sp³-hybridized carbons (Fsp3) is 0.533. The Balaban J connectivity index is 1.85. The molecule has 0 aliphatic carbocycles. The van der Waals surface area contributed by atoms with Gasteiger partial charge in [0.2, 0.25) is 5.91 Å². The highest BCUT2D eigenvalue weighted by molar-refractivity contribution is 7.99. The summed E-state index contributed by atoms with van der Waals surface area (Å²) in [6.45, 7) is 0.319. The first kappa shape index (κ1) is 14.7. The standard InChI is InChI=1S/C15H19FN2O2S/c1-20-13-5-4-10(7-12(13)16)15-17-8-14(19)18(15)11-3-2-6-21-9-11/h4-5,7,11,15,17H,2-3,6,8-9H2,1H3. The number of carbonyl (C=O) groups excluding carboxylic acids is 1. The molecule has 1 amide bonds. The first-order valence-electron chi connectivity index (χ1n) is 7.16. The summed E-state index contributed by atoms with van der Waals surface area (Å²) in [6, 6.07) is 5.13. The molecule has 2 aliphatic rings. The number of ether oxygens (including phenoxy) is 1. The van der Waals surface area contributed by atoms with Crippen LogP contribution in [0.1, 0.15) is 24.6 Å². The third-order valence-electron chi connectivity index (χ3n) is 4.03. The first-order valence-corrected chi connectivity index (χ1v) is 8.32. The topological polar surface area (TPSA) is 41.6 Å². The minimum absolute atomic E-state index is 0.101. The molecule has 2 fully saturated rings. The maximum Gasteiger partial charge on any atom is 0.238 e. The van der Waals surface area contributed by atoms with E-state index in [0.717, 1.165) is 29.9 Å². The summed E-state index contributed by atoms with van der Waals surface area (Å²) >= 11 is 1.88. The second-order valence-electron chi connectivity index (χ2n) is 5.35. The van der Waals surface area contributed by atoms with E-state index in [1.165, 1.54) is 13.2 Å². The zero-order valence-electron chi connectivity index (χ0n) is 12.0. The van der Waals surface area contributed by atoms with Crippen LogP contribution in [0.4, 0.5) is 4.39 Å². The molecule has 1 aromatic rings. The Morgan fingerprint density at radius 3 is 3.00 bits per heavy atom. The van der Waals surface area contributed by atoms with Crippen LogP contribution in [0.25, 0.3) is 0 Å². The molecule has 2 unspecified atom stereocenters. The number of nitrogens with one attached hydrogen (secondary N) is 1. The van der Waals surface area contributed by atoms with Crippen LogP contribution in [0, 0.1) is 5.82 Å². The highest BCUT2D eigenvalue weighted by atomic mass is 32.2. The van der Waals surface area contributed by atoms with E-state index in [9.17, 15) is 9.18 Å². The van der Waals surface area contributed by atoms with Crippen molar-refractivity contribution in [1.82, 2.24) is 10.2 Å². The fourth-order valence-electron chi connectivity index (χ4n) is 3.01. The average molecular weight is 310 g/mol. The van der Waals surface area contributed by atoms with E-state index in [0.29, 0.717) is 6.54 Å². The molecule has 1 aromatic carbocycles. The number of carbonyl (C=O) groups is 1. The van der Waals surface area contributed by atoms with Gasteiger partial charge in [0, 0.05) is 11.8 Å². The van der Waals surface area contributed by atoms with E-state index in [4.69, 9.17) is 4.74 Å². The summed E-state index contributed by atoms with van der Waals surface area (Å²) < 4.78 is 18.9. The molecule has 2 atom stereocenters. The second-order valence-corrected chi connectivity index (χ2v) is 6.50. The quantitative estimate of drug-likeness (QED) is 0.929. The molecule has 1 N–H and O–H groups in total. The summed E-state index contributed by atoms with van der Waals surface area (Å²) in [5.41, 5.74) is 0.773. The zero-order valence-corrected chi connectivity index (χ0v) is 12.8. The predicted molar refractivity (Wildman–Crippen MR) is 80.9 cm³/mol. The van der Waals surface area contributed by atoms with E-state index in [1.54, 1.807) is 6.07 Å². The van der Waals surface area contributed by atoms with Crippen molar-refractivity contribution >= 4 is 17.7 Å². The van der Waals surface area contributed by atoms with Crippen LogP contribution in [0.15, 0.2) is 18.2 Å². The van der Waals surface area contributed by atoms with Gasteiger partial charge in [-0.1, -0.05) is 6.07 Å². The predicted octanol–water partition coefficient (Wildman–Crippen LogP) is 2.16. The normalized spacial score (nSPS) is 26.2. The molecular formula is C15H19FN2O2S. The van der Waals surface area contributed by atoms with E-state index < -0.39 is 5.82 Å². The Morgan fingerprint density at radius 1 is 1.48 bits per heavy atom. The van der Waals surface area contributed by atoms with Gasteiger partial charge in [-0.2, -0.15) is 11.8 Å². The van der Waals surface area contributed by atoms with Crippen molar-refractivity contribution in [2.24, 2.45) is 0 Å². The van der Waals surface area contributed by atoms with Gasteiger partial charge in [0.05, 0.1) is 13.7 Å². The van der Waals surface area contributed by atoms with Crippen LogP contribution >= 0.6 is 11.8 Å². The molecule has 0 bridgehead atoms. The monoisotopic (exact) mass is 310 g/mol. The first-order chi connectivity index (χ1) is 10.2. The maximum absolute atomic E-state index is 13.9. The number of amides is 1. The van der Waals surface area contributed by atoms with Crippen molar-refractivity contribution in [3.63, 3.8) is 0 Å². The van der Waals surface area contributed by atoms with Gasteiger partial charge in [0.1, 0.15) is 6.17 Å². The third kappa shape index (κ3) is 2.87. The lowest BCUT2D eigenvalue weighted by atomic mass is 10.1. The van der Waals surface area contributed by atoms with Crippen molar-refractivity contribution < 1.29 is 13.9 Å². The summed E-state index contributed by atoms with van der Waals surface area (Å²) in [5.74, 6) is 2.05. The number of hydrogen-bond acceptors (Lipinski definition) is 4. The lowest BCUT2D eigenvalue weighted by Gasteiger charge is -2.35. The van der Waals surface area contributed by atoms with E-state index in [2.05, 4.69) is 5.32 Å². The molecule has 0 saturated carbocycles. The zero-order chi connectivity index (χ0) is 14.8. The summed E-state index contributed by atoms with van der Waals surface area (Å²) in [5, 5.41) is 3.19. The van der Waals surface area contributed by atoms with Crippen LogP contribution in [-0.4, -0.2) is 42.0 Å². The molecule has 0 spiro atoms. The van der Waals surface area contributed by atoms with Crippen LogP contribution in [-0.2, 0) is 4.79 Å². The van der Waals surface area contributed by atoms with Gasteiger partial charge in [0.25, 0.3) is 0 Å². The molecule has 3 rings (SSSR count). The Hall–Kier alpha value is -1.27. The molecule has 2 aliphatic heterocycles. The average Bonchev–Trinajstić information content (AvgIpc) is 2.90. The minimum Gasteiger partial charge on any atom is -0.494 e. The van der Waals surface area contributed by atoms with Gasteiger partial charge >= 0.3 is 0 Å². The Kier molecular flexibility index (Phi) is 4.35. The Labute approximate surface area is 128 Å². The van der Waals surface area contributed by atoms with Crippen LogP contribution in [0.3, 0.4) is 0 Å². The largest absolute Gasteiger partial charge is 0.494 e. The van der Waals surface area contributed by atoms with Gasteiger partial charge in [-0.25, -0.2) is 4.39 Å². The minimum atomic E-state index is -0.394. The lowest BCUT2D eigenvalue weighted by Crippen LogP contribution is -2.42. The van der Waals surface area contributed by atoms with Crippen molar-refractivity contribution in [2.45, 2.75) is 25.0 Å². The number of methoxy groups -OCH3 is 1. The molecule has 2 saturated heterocycles. The fourth-order valence-corrected chi connectivity index (χ4v) is 4.14. The Bertz CT molecular complexity index is 534. The third-order valence-corrected chi connectivity index (χ3v) is 5.23. The number of hydrogen-bond donors (Lipinski definition) is 1. The number of nitrogens with zero attached hydrogens (tertiary/aromatic N) is 1. The second kappa shape index (κ2) is 6.23. The summed E-state index contributed by atoms with van der Waals surface area (Å²) in [4.78, 5) is 14.1. The molecule has 114 valence electrons. The maximum atomic E-state index is 13.9. The van der Waals surface area contributed by atoms with Crippen molar-refractivity contribution in [2.75, 3.05) is 25.2 Å². The molecule has 0 radical (unpaired) electrons. The van der Waals surface area contributed by atoms with Gasteiger partial charge in [-0.05, 0) is 36.3 Å². The lowest BCUT2D eigenvalue weighted by molar-refractivity contribution is -0.130. The summed E-state index contributed by atoms with van der Waals surface area (Å²) in [6.07, 6.45) is 1.92. The molecule has 4 nitrogen and oxygen atoms in total. The van der Waals surface area contributed by atoms with E-state index in [1.807, 2.05) is 22.7 Å². The van der Waals surface area contributed by atoms with Gasteiger partial charge < -0.3 is 9.64 Å². The van der Waals surface area contributed by atoms with Gasteiger partial charge in [0.15, 0.2) is 11.6 Å². The molecular weight excluding hydrogens is 291 g/mol. The van der Waals surface area contributed by atoms with E-state index >= 15 is 0 Å². The number of rotatable bonds is 3. The van der Waals surface area contributed by atoms with Gasteiger partial charge in [-0.3, -0.25) is 10.1 Å². The molecule has 0 aromatic heterocycles.